The molecule has 144 valence electrons. The summed E-state index contributed by atoms with van der Waals surface area (Å²) in [6.45, 7) is 3.73. The minimum atomic E-state index is -4.38. The highest BCUT2D eigenvalue weighted by Gasteiger charge is 2.32. The van der Waals surface area contributed by atoms with E-state index in [2.05, 4.69) is 0 Å². The van der Waals surface area contributed by atoms with Gasteiger partial charge in [0.2, 0.25) is 0 Å². The number of ether oxygens (including phenoxy) is 1. The number of benzene rings is 3. The molecular formula is C22H17F3O2S. The van der Waals surface area contributed by atoms with Crippen molar-refractivity contribution in [3.05, 3.63) is 71.8 Å². The number of hydrogen-bond acceptors (Lipinski definition) is 3. The number of fused-ring (bicyclic) bond motifs is 2. The summed E-state index contributed by atoms with van der Waals surface area (Å²) in [5.74, 6) is 0.559. The Labute approximate surface area is 164 Å². The molecule has 0 atom stereocenters. The van der Waals surface area contributed by atoms with Crippen molar-refractivity contribution in [3.63, 3.8) is 0 Å². The van der Waals surface area contributed by atoms with Gasteiger partial charge >= 0.3 is 5.51 Å². The Kier molecular flexibility index (Phi) is 4.34. The van der Waals surface area contributed by atoms with E-state index in [1.54, 1.807) is 12.1 Å². The number of phenolic OH excluding ortho intramolecular Hbond substituents is 1. The SMILES string of the molecule is CC1(C)C=C(c2cc3ccccc3cc2O)c2cc(SC(F)(F)F)ccc2O1. The van der Waals surface area contributed by atoms with Crippen molar-refractivity contribution >= 4 is 28.1 Å². The summed E-state index contributed by atoms with van der Waals surface area (Å²) in [5, 5.41) is 12.5. The summed E-state index contributed by atoms with van der Waals surface area (Å²) in [4.78, 5) is 0.0701. The Morgan fingerprint density at radius 2 is 1.61 bits per heavy atom. The maximum absolute atomic E-state index is 12.8. The van der Waals surface area contributed by atoms with Crippen LogP contribution < -0.4 is 4.74 Å². The number of alkyl halides is 3. The molecule has 3 aromatic carbocycles. The van der Waals surface area contributed by atoms with E-state index in [4.69, 9.17) is 4.74 Å². The van der Waals surface area contributed by atoms with Gasteiger partial charge in [-0.25, -0.2) is 0 Å². The van der Waals surface area contributed by atoms with E-state index in [1.165, 1.54) is 12.1 Å². The molecule has 6 heteroatoms. The summed E-state index contributed by atoms with van der Waals surface area (Å²) >= 11 is -0.168. The first kappa shape index (κ1) is 18.7. The fraction of sp³-hybridized carbons (Fsp3) is 0.182. The molecule has 28 heavy (non-hydrogen) atoms. The lowest BCUT2D eigenvalue weighted by Gasteiger charge is -2.32. The Hall–Kier alpha value is -2.60. The van der Waals surface area contributed by atoms with Crippen LogP contribution in [0.3, 0.4) is 0 Å². The minimum Gasteiger partial charge on any atom is -0.507 e. The van der Waals surface area contributed by atoms with Crippen LogP contribution >= 0.6 is 11.8 Å². The molecule has 4 rings (SSSR count). The van der Waals surface area contributed by atoms with Gasteiger partial charge in [0.1, 0.15) is 17.1 Å². The average molecular weight is 402 g/mol. The maximum atomic E-state index is 12.8. The third kappa shape index (κ3) is 3.69. The van der Waals surface area contributed by atoms with Crippen LogP contribution in [0.25, 0.3) is 16.3 Å². The second-order valence-corrected chi connectivity index (χ2v) is 8.32. The van der Waals surface area contributed by atoms with E-state index in [-0.39, 0.29) is 22.4 Å². The first-order chi connectivity index (χ1) is 13.1. The average Bonchev–Trinajstić information content (AvgIpc) is 2.59. The van der Waals surface area contributed by atoms with Crippen LogP contribution in [0.2, 0.25) is 0 Å². The normalized spacial score (nSPS) is 15.7. The summed E-state index contributed by atoms with van der Waals surface area (Å²) in [6.07, 6.45) is 1.83. The van der Waals surface area contributed by atoms with Gasteiger partial charge in [-0.3, -0.25) is 0 Å². The molecule has 0 saturated carbocycles. The molecule has 0 unspecified atom stereocenters. The van der Waals surface area contributed by atoms with Crippen LogP contribution in [0.15, 0.2) is 65.6 Å². The molecular weight excluding hydrogens is 385 g/mol. The molecule has 1 aliphatic heterocycles. The lowest BCUT2D eigenvalue weighted by atomic mass is 9.88. The fourth-order valence-corrected chi connectivity index (χ4v) is 3.99. The molecule has 0 aromatic heterocycles. The van der Waals surface area contributed by atoms with Crippen LogP contribution in [0.1, 0.15) is 25.0 Å². The highest BCUT2D eigenvalue weighted by atomic mass is 32.2. The molecule has 1 aliphatic rings. The van der Waals surface area contributed by atoms with Crippen molar-refractivity contribution in [3.8, 4) is 11.5 Å². The van der Waals surface area contributed by atoms with E-state index < -0.39 is 11.1 Å². The van der Waals surface area contributed by atoms with Crippen molar-refractivity contribution in [1.29, 1.82) is 0 Å². The van der Waals surface area contributed by atoms with Gasteiger partial charge < -0.3 is 9.84 Å². The minimum absolute atomic E-state index is 0.0701. The van der Waals surface area contributed by atoms with Crippen molar-refractivity contribution in [2.75, 3.05) is 0 Å². The highest BCUT2D eigenvalue weighted by molar-refractivity contribution is 8.00. The predicted octanol–water partition coefficient (Wildman–Crippen LogP) is 6.76. The molecule has 1 N–H and O–H groups in total. The number of rotatable bonds is 2. The van der Waals surface area contributed by atoms with Crippen molar-refractivity contribution in [1.82, 2.24) is 0 Å². The largest absolute Gasteiger partial charge is 0.507 e. The van der Waals surface area contributed by atoms with Gasteiger partial charge in [0, 0.05) is 16.0 Å². The van der Waals surface area contributed by atoms with Gasteiger partial charge in [0.05, 0.1) is 0 Å². The van der Waals surface area contributed by atoms with Crippen LogP contribution in [0.4, 0.5) is 13.2 Å². The lowest BCUT2D eigenvalue weighted by molar-refractivity contribution is -0.0328. The highest BCUT2D eigenvalue weighted by Crippen LogP contribution is 2.46. The standard InChI is InChI=1S/C22H17F3O2S/c1-21(2)12-18(16-9-13-5-3-4-6-14(13)10-19(16)26)17-11-15(28-22(23,24)25)7-8-20(17)27-21/h3-12,26H,1-2H3. The van der Waals surface area contributed by atoms with Gasteiger partial charge in [0.15, 0.2) is 0 Å². The topological polar surface area (TPSA) is 29.5 Å². The maximum Gasteiger partial charge on any atom is 0.446 e. The summed E-state index contributed by atoms with van der Waals surface area (Å²) in [6, 6.07) is 15.5. The van der Waals surface area contributed by atoms with Crippen LogP contribution in [0.5, 0.6) is 11.5 Å². The lowest BCUT2D eigenvalue weighted by Crippen LogP contribution is -2.29. The molecule has 2 nitrogen and oxygen atoms in total. The molecule has 1 heterocycles. The fourth-order valence-electron chi connectivity index (χ4n) is 3.41. The van der Waals surface area contributed by atoms with Gasteiger partial charge in [0.25, 0.3) is 0 Å². The summed E-state index contributed by atoms with van der Waals surface area (Å²) < 4.78 is 44.4. The third-order valence-corrected chi connectivity index (χ3v) is 5.22. The molecule has 0 spiro atoms. The summed E-state index contributed by atoms with van der Waals surface area (Å²) in [7, 11) is 0. The van der Waals surface area contributed by atoms with Crippen LogP contribution in [-0.2, 0) is 0 Å². The zero-order valence-electron chi connectivity index (χ0n) is 15.2. The number of hydrogen-bond donors (Lipinski definition) is 1. The first-order valence-electron chi connectivity index (χ1n) is 8.65. The van der Waals surface area contributed by atoms with Crippen LogP contribution in [0, 0.1) is 0 Å². The van der Waals surface area contributed by atoms with Crippen molar-refractivity contribution in [2.45, 2.75) is 29.9 Å². The Morgan fingerprint density at radius 1 is 0.929 bits per heavy atom. The predicted molar refractivity (Wildman–Crippen MR) is 106 cm³/mol. The first-order valence-corrected chi connectivity index (χ1v) is 9.47. The number of thioether (sulfide) groups is 1. The number of phenols is 1. The Balaban J connectivity index is 1.90. The molecule has 0 saturated heterocycles. The van der Waals surface area contributed by atoms with E-state index in [1.807, 2.05) is 50.3 Å². The van der Waals surface area contributed by atoms with Gasteiger partial charge in [-0.1, -0.05) is 24.3 Å². The van der Waals surface area contributed by atoms with E-state index in [0.717, 1.165) is 10.8 Å². The van der Waals surface area contributed by atoms with Gasteiger partial charge in [-0.2, -0.15) is 13.2 Å². The van der Waals surface area contributed by atoms with Crippen molar-refractivity contribution in [2.24, 2.45) is 0 Å². The molecule has 0 aliphatic carbocycles. The van der Waals surface area contributed by atoms with Gasteiger partial charge in [-0.15, -0.1) is 0 Å². The number of halogens is 3. The third-order valence-electron chi connectivity index (χ3n) is 4.49. The van der Waals surface area contributed by atoms with Crippen molar-refractivity contribution < 1.29 is 23.0 Å². The van der Waals surface area contributed by atoms with E-state index in [9.17, 15) is 18.3 Å². The zero-order chi connectivity index (χ0) is 20.1. The quantitative estimate of drug-likeness (QED) is 0.480. The monoisotopic (exact) mass is 402 g/mol. The van der Waals surface area contributed by atoms with E-state index >= 15 is 0 Å². The van der Waals surface area contributed by atoms with Gasteiger partial charge in [-0.05, 0) is 78.4 Å². The second kappa shape index (κ2) is 6.48. The second-order valence-electron chi connectivity index (χ2n) is 7.19. The molecule has 0 fully saturated rings. The molecule has 0 radical (unpaired) electrons. The Morgan fingerprint density at radius 3 is 2.29 bits per heavy atom. The Bertz CT molecular complexity index is 1100. The zero-order valence-corrected chi connectivity index (χ0v) is 16.0. The molecule has 0 amide bonds. The van der Waals surface area contributed by atoms with Crippen LogP contribution in [-0.4, -0.2) is 16.2 Å². The molecule has 0 bridgehead atoms. The summed E-state index contributed by atoms with van der Waals surface area (Å²) in [5.41, 5.74) is -3.30. The number of aromatic hydroxyl groups is 1. The molecule has 3 aromatic rings. The smallest absolute Gasteiger partial charge is 0.446 e. The van der Waals surface area contributed by atoms with E-state index in [0.29, 0.717) is 22.4 Å².